The van der Waals surface area contributed by atoms with Gasteiger partial charge in [0.15, 0.2) is 0 Å². The highest BCUT2D eigenvalue weighted by Gasteiger charge is 2.22. The summed E-state index contributed by atoms with van der Waals surface area (Å²) in [5.41, 5.74) is 3.54. The minimum Gasteiger partial charge on any atom is -0.478 e. The van der Waals surface area contributed by atoms with Gasteiger partial charge in [-0.15, -0.1) is 0 Å². The summed E-state index contributed by atoms with van der Waals surface area (Å²) in [6, 6.07) is 6.65. The molecule has 0 aliphatic carbocycles. The van der Waals surface area contributed by atoms with Gasteiger partial charge in [-0.25, -0.2) is 9.18 Å². The Morgan fingerprint density at radius 2 is 2.00 bits per heavy atom. The van der Waals surface area contributed by atoms with Gasteiger partial charge in [-0.1, -0.05) is 26.0 Å². The third-order valence-corrected chi connectivity index (χ3v) is 4.04. The molecular formula is C18H23FN2O2. The first-order chi connectivity index (χ1) is 10.8. The molecule has 2 rings (SSSR count). The maximum Gasteiger partial charge on any atom is 0.337 e. The van der Waals surface area contributed by atoms with Gasteiger partial charge in [0.2, 0.25) is 0 Å². The summed E-state index contributed by atoms with van der Waals surface area (Å²) in [6.45, 7) is 8.71. The molecule has 2 aromatic rings. The zero-order valence-electron chi connectivity index (χ0n) is 14.0. The first kappa shape index (κ1) is 17.2. The molecule has 4 nitrogen and oxygen atoms in total. The van der Waals surface area contributed by atoms with Crippen LogP contribution < -0.4 is 5.32 Å². The van der Waals surface area contributed by atoms with Crippen molar-refractivity contribution in [2.45, 2.75) is 46.8 Å². The predicted molar refractivity (Wildman–Crippen MR) is 88.3 cm³/mol. The Labute approximate surface area is 135 Å². The van der Waals surface area contributed by atoms with E-state index in [0.717, 1.165) is 16.8 Å². The fourth-order valence-electron chi connectivity index (χ4n) is 2.81. The van der Waals surface area contributed by atoms with Crippen molar-refractivity contribution in [3.63, 3.8) is 0 Å². The summed E-state index contributed by atoms with van der Waals surface area (Å²) in [6.07, 6.45) is 0. The maximum atomic E-state index is 13.4. The molecule has 23 heavy (non-hydrogen) atoms. The fourth-order valence-corrected chi connectivity index (χ4v) is 2.81. The molecule has 0 spiro atoms. The van der Waals surface area contributed by atoms with Crippen molar-refractivity contribution in [3.8, 4) is 0 Å². The molecule has 0 radical (unpaired) electrons. The third kappa shape index (κ3) is 3.79. The summed E-state index contributed by atoms with van der Waals surface area (Å²) in [5.74, 6) is -1.21. The monoisotopic (exact) mass is 318 g/mol. The predicted octanol–water partition coefficient (Wildman–Crippen LogP) is 3.49. The zero-order chi connectivity index (χ0) is 17.1. The second-order valence-electron chi connectivity index (χ2n) is 6.08. The average molecular weight is 318 g/mol. The molecule has 0 aliphatic rings. The van der Waals surface area contributed by atoms with E-state index in [2.05, 4.69) is 5.32 Å². The SMILES string of the molecule is Cc1c(CNC(C)C)c(C(=O)O)c(C)n1Cc1cccc(F)c1. The molecule has 1 aromatic heterocycles. The van der Waals surface area contributed by atoms with Gasteiger partial charge in [0, 0.05) is 36.1 Å². The van der Waals surface area contributed by atoms with E-state index >= 15 is 0 Å². The minimum absolute atomic E-state index is 0.267. The summed E-state index contributed by atoms with van der Waals surface area (Å²) in [5, 5.41) is 12.8. The summed E-state index contributed by atoms with van der Waals surface area (Å²) < 4.78 is 15.3. The minimum atomic E-state index is -0.927. The maximum absolute atomic E-state index is 13.4. The number of nitrogens with zero attached hydrogens (tertiary/aromatic N) is 1. The second kappa shape index (κ2) is 6.96. The lowest BCUT2D eigenvalue weighted by atomic mass is 10.1. The molecule has 0 atom stereocenters. The Balaban J connectivity index is 2.43. The lowest BCUT2D eigenvalue weighted by Gasteiger charge is -2.11. The van der Waals surface area contributed by atoms with E-state index in [9.17, 15) is 14.3 Å². The molecule has 124 valence electrons. The Hall–Kier alpha value is -2.14. The molecule has 1 aromatic carbocycles. The number of aromatic nitrogens is 1. The molecule has 0 saturated heterocycles. The molecule has 0 aliphatic heterocycles. The number of carbonyl (C=O) groups is 1. The van der Waals surface area contributed by atoms with Crippen molar-refractivity contribution < 1.29 is 14.3 Å². The van der Waals surface area contributed by atoms with E-state index < -0.39 is 5.97 Å². The molecule has 0 saturated carbocycles. The van der Waals surface area contributed by atoms with Crippen molar-refractivity contribution in [1.29, 1.82) is 0 Å². The topological polar surface area (TPSA) is 54.3 Å². The van der Waals surface area contributed by atoms with Crippen LogP contribution in [-0.4, -0.2) is 21.7 Å². The van der Waals surface area contributed by atoms with Crippen LogP contribution in [0, 0.1) is 19.7 Å². The smallest absolute Gasteiger partial charge is 0.337 e. The van der Waals surface area contributed by atoms with E-state index in [4.69, 9.17) is 0 Å². The number of hydrogen-bond acceptors (Lipinski definition) is 2. The van der Waals surface area contributed by atoms with Gasteiger partial charge in [-0.2, -0.15) is 0 Å². The second-order valence-corrected chi connectivity index (χ2v) is 6.08. The molecule has 0 amide bonds. The zero-order valence-corrected chi connectivity index (χ0v) is 14.0. The van der Waals surface area contributed by atoms with E-state index in [1.165, 1.54) is 12.1 Å². The first-order valence-corrected chi connectivity index (χ1v) is 7.71. The van der Waals surface area contributed by atoms with E-state index in [0.29, 0.717) is 24.3 Å². The highest BCUT2D eigenvalue weighted by atomic mass is 19.1. The van der Waals surface area contributed by atoms with E-state index in [-0.39, 0.29) is 11.9 Å². The Kier molecular flexibility index (Phi) is 5.21. The lowest BCUT2D eigenvalue weighted by Crippen LogP contribution is -2.23. The molecular weight excluding hydrogens is 295 g/mol. The number of benzene rings is 1. The van der Waals surface area contributed by atoms with Crippen LogP contribution in [0.4, 0.5) is 4.39 Å². The standard InChI is InChI=1S/C18H23FN2O2/c1-11(2)20-9-16-12(3)21(13(4)17(16)18(22)23)10-14-6-5-7-15(19)8-14/h5-8,11,20H,9-10H2,1-4H3,(H,22,23). The fraction of sp³-hybridized carbons (Fsp3) is 0.389. The number of nitrogens with one attached hydrogen (secondary N) is 1. The average Bonchev–Trinajstić information content (AvgIpc) is 2.69. The van der Waals surface area contributed by atoms with Crippen LogP contribution in [0.15, 0.2) is 24.3 Å². The van der Waals surface area contributed by atoms with Crippen molar-refractivity contribution in [2.75, 3.05) is 0 Å². The Bertz CT molecular complexity index is 720. The summed E-state index contributed by atoms with van der Waals surface area (Å²) >= 11 is 0. The van der Waals surface area contributed by atoms with Crippen LogP contribution >= 0.6 is 0 Å². The highest BCUT2D eigenvalue weighted by Crippen LogP contribution is 2.24. The number of carboxylic acid groups (broad SMARTS) is 1. The van der Waals surface area contributed by atoms with Crippen LogP contribution in [0.2, 0.25) is 0 Å². The number of halogens is 1. The summed E-state index contributed by atoms with van der Waals surface area (Å²) in [4.78, 5) is 11.7. The van der Waals surface area contributed by atoms with Crippen LogP contribution in [0.5, 0.6) is 0 Å². The van der Waals surface area contributed by atoms with Gasteiger partial charge in [0.05, 0.1) is 5.56 Å². The van der Waals surface area contributed by atoms with Crippen molar-refractivity contribution >= 4 is 5.97 Å². The summed E-state index contributed by atoms with van der Waals surface area (Å²) in [7, 11) is 0. The van der Waals surface area contributed by atoms with Crippen LogP contribution in [0.25, 0.3) is 0 Å². The van der Waals surface area contributed by atoms with Gasteiger partial charge in [0.1, 0.15) is 5.82 Å². The number of aromatic carboxylic acids is 1. The molecule has 2 N–H and O–H groups in total. The number of hydrogen-bond donors (Lipinski definition) is 2. The molecule has 0 fully saturated rings. The van der Waals surface area contributed by atoms with Crippen LogP contribution in [0.3, 0.4) is 0 Å². The van der Waals surface area contributed by atoms with Gasteiger partial charge >= 0.3 is 5.97 Å². The third-order valence-electron chi connectivity index (χ3n) is 4.04. The number of rotatable bonds is 6. The number of carboxylic acids is 1. The Morgan fingerprint density at radius 1 is 1.30 bits per heavy atom. The molecule has 0 bridgehead atoms. The normalized spacial score (nSPS) is 11.2. The van der Waals surface area contributed by atoms with Crippen molar-refractivity contribution in [2.24, 2.45) is 0 Å². The molecule has 1 heterocycles. The molecule has 5 heteroatoms. The van der Waals surface area contributed by atoms with Gasteiger partial charge < -0.3 is 15.0 Å². The van der Waals surface area contributed by atoms with Gasteiger partial charge in [-0.05, 0) is 31.5 Å². The lowest BCUT2D eigenvalue weighted by molar-refractivity contribution is 0.0694. The van der Waals surface area contributed by atoms with E-state index in [1.807, 2.05) is 31.4 Å². The first-order valence-electron chi connectivity index (χ1n) is 7.71. The Morgan fingerprint density at radius 3 is 2.57 bits per heavy atom. The quantitative estimate of drug-likeness (QED) is 0.857. The van der Waals surface area contributed by atoms with E-state index in [1.54, 1.807) is 13.0 Å². The van der Waals surface area contributed by atoms with Crippen molar-refractivity contribution in [3.05, 3.63) is 58.2 Å². The largest absolute Gasteiger partial charge is 0.478 e. The van der Waals surface area contributed by atoms with Crippen LogP contribution in [0.1, 0.15) is 46.7 Å². The van der Waals surface area contributed by atoms with Crippen LogP contribution in [-0.2, 0) is 13.1 Å². The molecule has 0 unspecified atom stereocenters. The highest BCUT2D eigenvalue weighted by molar-refractivity contribution is 5.91. The van der Waals surface area contributed by atoms with Crippen molar-refractivity contribution in [1.82, 2.24) is 9.88 Å². The van der Waals surface area contributed by atoms with Gasteiger partial charge in [0.25, 0.3) is 0 Å². The van der Waals surface area contributed by atoms with Gasteiger partial charge in [-0.3, -0.25) is 0 Å².